The highest BCUT2D eigenvalue weighted by atomic mass is 16.5. The molecule has 31 heavy (non-hydrogen) atoms. The van der Waals surface area contributed by atoms with Gasteiger partial charge in [0.15, 0.2) is 0 Å². The third kappa shape index (κ3) is 6.36. The van der Waals surface area contributed by atoms with Gasteiger partial charge in [-0.15, -0.1) is 0 Å². The van der Waals surface area contributed by atoms with Crippen molar-refractivity contribution in [3.8, 4) is 5.75 Å². The topological polar surface area (TPSA) is 119 Å². The van der Waals surface area contributed by atoms with Crippen molar-refractivity contribution in [3.05, 3.63) is 65.2 Å². The predicted octanol–water partition coefficient (Wildman–Crippen LogP) is 2.99. The lowest BCUT2D eigenvalue weighted by Crippen LogP contribution is -2.43. The first-order chi connectivity index (χ1) is 14.9. The van der Waals surface area contributed by atoms with E-state index in [1.54, 1.807) is 13.1 Å². The number of nitrogens with two attached hydrogens (primary N) is 2. The monoisotopic (exact) mass is 424 g/mol. The molecule has 6 N–H and O–H groups in total. The Bertz CT molecular complexity index is 908. The molecule has 1 aromatic heterocycles. The van der Waals surface area contributed by atoms with Gasteiger partial charge in [-0.1, -0.05) is 36.8 Å². The molecule has 8 heteroatoms. The molecule has 1 aromatic carbocycles. The number of carbonyl (C=O) groups excluding carboxylic acids is 1. The van der Waals surface area contributed by atoms with Gasteiger partial charge in [-0.2, -0.15) is 0 Å². The maximum atomic E-state index is 12.4. The Morgan fingerprint density at radius 3 is 2.52 bits per heavy atom. The first-order valence-electron chi connectivity index (χ1n) is 10.7. The summed E-state index contributed by atoms with van der Waals surface area (Å²) in [6, 6.07) is 12.9. The summed E-state index contributed by atoms with van der Waals surface area (Å²) >= 11 is 0. The summed E-state index contributed by atoms with van der Waals surface area (Å²) < 4.78 is 6.13. The molecule has 1 saturated carbocycles. The van der Waals surface area contributed by atoms with Crippen LogP contribution < -0.4 is 26.9 Å². The molecule has 3 rings (SSSR count). The van der Waals surface area contributed by atoms with Gasteiger partial charge in [-0.3, -0.25) is 10.3 Å². The van der Waals surface area contributed by atoms with Gasteiger partial charge in [0, 0.05) is 13.6 Å². The van der Waals surface area contributed by atoms with E-state index < -0.39 is 6.03 Å². The number of rotatable bonds is 7. The Labute approximate surface area is 183 Å². The zero-order chi connectivity index (χ0) is 22.2. The van der Waals surface area contributed by atoms with Crippen molar-refractivity contribution in [3.63, 3.8) is 0 Å². The molecular weight excluding hydrogens is 392 g/mol. The molecule has 1 fully saturated rings. The molecule has 0 atom stereocenters. The van der Waals surface area contributed by atoms with E-state index in [9.17, 15) is 4.79 Å². The van der Waals surface area contributed by atoms with Gasteiger partial charge in [-0.05, 0) is 50.3 Å². The Kier molecular flexibility index (Phi) is 7.72. The molecule has 166 valence electrons. The third-order valence-corrected chi connectivity index (χ3v) is 5.29. The lowest BCUT2D eigenvalue weighted by molar-refractivity contribution is 0.153. The Morgan fingerprint density at radius 2 is 1.87 bits per heavy atom. The van der Waals surface area contributed by atoms with E-state index in [4.69, 9.17) is 16.3 Å². The minimum Gasteiger partial charge on any atom is -0.489 e. The number of benzene rings is 1. The first-order valence-corrected chi connectivity index (χ1v) is 10.7. The van der Waals surface area contributed by atoms with Gasteiger partial charge < -0.3 is 15.8 Å². The zero-order valence-corrected chi connectivity index (χ0v) is 18.2. The molecular formula is C23H32N6O2. The van der Waals surface area contributed by atoms with E-state index in [0.717, 1.165) is 29.8 Å². The average Bonchev–Trinajstić information content (AvgIpc) is 2.78. The number of pyridine rings is 1. The smallest absolute Gasteiger partial charge is 0.320 e. The number of aryl methyl sites for hydroxylation is 1. The van der Waals surface area contributed by atoms with Crippen LogP contribution in [0.4, 0.5) is 4.79 Å². The van der Waals surface area contributed by atoms with E-state index in [0.29, 0.717) is 12.2 Å². The van der Waals surface area contributed by atoms with Crippen LogP contribution in [0.2, 0.25) is 0 Å². The lowest BCUT2D eigenvalue weighted by atomic mass is 9.98. The summed E-state index contributed by atoms with van der Waals surface area (Å²) in [6.45, 7) is 2.28. The molecule has 2 aromatic rings. The Morgan fingerprint density at radius 1 is 1.16 bits per heavy atom. The maximum absolute atomic E-state index is 12.4. The summed E-state index contributed by atoms with van der Waals surface area (Å²) in [5.41, 5.74) is 8.84. The number of carbonyl (C=O) groups is 1. The highest BCUT2D eigenvalue weighted by molar-refractivity contribution is 5.78. The number of urea groups is 1. The number of hydrogen-bond acceptors (Lipinski definition) is 6. The van der Waals surface area contributed by atoms with Crippen molar-refractivity contribution in [1.82, 2.24) is 20.6 Å². The lowest BCUT2D eigenvalue weighted by Gasteiger charge is -2.24. The van der Waals surface area contributed by atoms with Crippen molar-refractivity contribution in [2.24, 2.45) is 11.6 Å². The van der Waals surface area contributed by atoms with Crippen molar-refractivity contribution in [1.29, 1.82) is 0 Å². The van der Waals surface area contributed by atoms with Crippen LogP contribution in [0.15, 0.2) is 48.3 Å². The number of aromatic nitrogens is 1. The highest BCUT2D eigenvalue weighted by Crippen LogP contribution is 2.26. The molecule has 1 aliphatic rings. The molecule has 1 aliphatic carbocycles. The number of amides is 2. The first kappa shape index (κ1) is 22.4. The molecule has 0 unspecified atom stereocenters. The molecule has 1 heterocycles. The predicted molar refractivity (Wildman–Crippen MR) is 121 cm³/mol. The van der Waals surface area contributed by atoms with E-state index in [1.807, 2.05) is 43.3 Å². The normalized spacial score (nSPS) is 15.1. The second-order valence-electron chi connectivity index (χ2n) is 7.82. The standard InChI is InChI=1S/C23H32N6O2/c1-16-20(31-18-11-7-4-8-12-18)14-13-19(27-16)21(24)22(29(2)25)28-23(30)26-15-17-9-5-3-6-10-17/h3,5-6,9-10,13-14,18H,4,7-8,11-12,15,24-25H2,1-2H3,(H2,26,28,30)/b22-21-. The van der Waals surface area contributed by atoms with Crippen molar-refractivity contribution in [2.45, 2.75) is 51.7 Å². The average molecular weight is 425 g/mol. The zero-order valence-electron chi connectivity index (χ0n) is 18.2. The largest absolute Gasteiger partial charge is 0.489 e. The fourth-order valence-corrected chi connectivity index (χ4v) is 3.58. The van der Waals surface area contributed by atoms with Gasteiger partial charge in [0.2, 0.25) is 0 Å². The summed E-state index contributed by atoms with van der Waals surface area (Å²) in [4.78, 5) is 17.0. The van der Waals surface area contributed by atoms with E-state index in [2.05, 4.69) is 15.6 Å². The minimum absolute atomic E-state index is 0.244. The Hall–Kier alpha value is -3.26. The van der Waals surface area contributed by atoms with Crippen LogP contribution in [0.5, 0.6) is 5.75 Å². The van der Waals surface area contributed by atoms with Gasteiger partial charge in [0.25, 0.3) is 0 Å². The van der Waals surface area contributed by atoms with Crippen LogP contribution in [0.1, 0.15) is 49.1 Å². The van der Waals surface area contributed by atoms with Gasteiger partial charge >= 0.3 is 6.03 Å². The summed E-state index contributed by atoms with van der Waals surface area (Å²) in [7, 11) is 1.60. The number of ether oxygens (including phenoxy) is 1. The highest BCUT2D eigenvalue weighted by Gasteiger charge is 2.18. The fourth-order valence-electron chi connectivity index (χ4n) is 3.58. The molecule has 8 nitrogen and oxygen atoms in total. The fraction of sp³-hybridized carbons (Fsp3) is 0.391. The van der Waals surface area contributed by atoms with Crippen LogP contribution in [0.25, 0.3) is 5.70 Å². The second kappa shape index (κ2) is 10.7. The second-order valence-corrected chi connectivity index (χ2v) is 7.82. The van der Waals surface area contributed by atoms with Crippen LogP contribution in [0, 0.1) is 6.92 Å². The Balaban J connectivity index is 1.69. The maximum Gasteiger partial charge on any atom is 0.320 e. The van der Waals surface area contributed by atoms with Crippen molar-refractivity contribution in [2.75, 3.05) is 7.05 Å². The number of hydrazine groups is 1. The van der Waals surface area contributed by atoms with Crippen molar-refractivity contribution < 1.29 is 9.53 Å². The molecule has 0 bridgehead atoms. The third-order valence-electron chi connectivity index (χ3n) is 5.29. The molecule has 0 radical (unpaired) electrons. The van der Waals surface area contributed by atoms with Gasteiger partial charge in [-0.25, -0.2) is 15.6 Å². The molecule has 0 spiro atoms. The molecule has 2 amide bonds. The van der Waals surface area contributed by atoms with Crippen LogP contribution in [0.3, 0.4) is 0 Å². The molecule has 0 aliphatic heterocycles. The summed E-state index contributed by atoms with van der Waals surface area (Å²) in [6.07, 6.45) is 6.08. The number of hydrogen-bond donors (Lipinski definition) is 4. The van der Waals surface area contributed by atoms with Crippen LogP contribution in [-0.2, 0) is 6.54 Å². The summed E-state index contributed by atoms with van der Waals surface area (Å²) in [5.74, 6) is 6.95. The van der Waals surface area contributed by atoms with E-state index in [1.165, 1.54) is 24.3 Å². The molecule has 0 saturated heterocycles. The summed E-state index contributed by atoms with van der Waals surface area (Å²) in [5, 5.41) is 6.78. The quantitative estimate of drug-likeness (QED) is 0.401. The van der Waals surface area contributed by atoms with Crippen LogP contribution in [-0.4, -0.2) is 29.2 Å². The number of nitrogens with one attached hydrogen (secondary N) is 2. The SMILES string of the molecule is Cc1nc(/C(N)=C(\NC(=O)NCc2ccccc2)N(C)N)ccc1OC1CCCCC1. The van der Waals surface area contributed by atoms with Crippen molar-refractivity contribution >= 4 is 11.7 Å². The van der Waals surface area contributed by atoms with Gasteiger partial charge in [0.05, 0.1) is 17.5 Å². The van der Waals surface area contributed by atoms with Crippen LogP contribution >= 0.6 is 0 Å². The number of nitrogens with zero attached hydrogens (tertiary/aromatic N) is 2. The van der Waals surface area contributed by atoms with E-state index >= 15 is 0 Å². The van der Waals surface area contributed by atoms with Gasteiger partial charge in [0.1, 0.15) is 17.3 Å². The van der Waals surface area contributed by atoms with E-state index in [-0.39, 0.29) is 17.6 Å². The minimum atomic E-state index is -0.409.